The van der Waals surface area contributed by atoms with Crippen LogP contribution in [-0.2, 0) is 4.79 Å². The number of likely N-dealkylation sites (N-methyl/N-ethyl adjacent to an activating group) is 1. The van der Waals surface area contributed by atoms with Crippen molar-refractivity contribution in [3.63, 3.8) is 0 Å². The first-order valence-electron chi connectivity index (χ1n) is 7.18. The number of carbonyl (C=O) groups excluding carboxylic acids is 1. The van der Waals surface area contributed by atoms with Crippen LogP contribution in [-0.4, -0.2) is 59.0 Å². The average Bonchev–Trinajstić information content (AvgIpc) is 2.88. The van der Waals surface area contributed by atoms with Crippen LogP contribution in [0.4, 0.5) is 5.95 Å². The van der Waals surface area contributed by atoms with Gasteiger partial charge in [-0.3, -0.25) is 9.69 Å². The van der Waals surface area contributed by atoms with Crippen molar-refractivity contribution in [2.45, 2.75) is 25.8 Å². The molecule has 0 saturated carbocycles. The fourth-order valence-electron chi connectivity index (χ4n) is 3.20. The highest BCUT2D eigenvalue weighted by Gasteiger charge is 2.46. The molecule has 1 atom stereocenters. The third kappa shape index (κ3) is 2.24. The molecule has 1 N–H and O–H groups in total. The van der Waals surface area contributed by atoms with Crippen LogP contribution >= 0.6 is 0 Å². The Kier molecular flexibility index (Phi) is 3.33. The number of aromatic nitrogens is 2. The number of hydrogen-bond donors (Lipinski definition) is 1. The van der Waals surface area contributed by atoms with Gasteiger partial charge in [0.25, 0.3) is 0 Å². The number of carbonyl (C=O) groups is 1. The summed E-state index contributed by atoms with van der Waals surface area (Å²) < 4.78 is 0. The lowest BCUT2D eigenvalue weighted by Crippen LogP contribution is -2.64. The van der Waals surface area contributed by atoms with Gasteiger partial charge in [0.15, 0.2) is 0 Å². The Morgan fingerprint density at radius 3 is 2.85 bits per heavy atom. The van der Waals surface area contributed by atoms with E-state index in [0.717, 1.165) is 44.1 Å². The molecule has 2 aliphatic rings. The van der Waals surface area contributed by atoms with Crippen LogP contribution in [0.15, 0.2) is 12.4 Å². The second-order valence-corrected chi connectivity index (χ2v) is 5.75. The topological polar surface area (TPSA) is 61.4 Å². The molecule has 3 heterocycles. The maximum absolute atomic E-state index is 11.6. The van der Waals surface area contributed by atoms with Crippen molar-refractivity contribution >= 4 is 11.9 Å². The summed E-state index contributed by atoms with van der Waals surface area (Å²) in [5, 5.41) is 3.01. The van der Waals surface area contributed by atoms with E-state index in [1.807, 2.05) is 19.3 Å². The Labute approximate surface area is 119 Å². The zero-order valence-electron chi connectivity index (χ0n) is 12.1. The molecule has 3 rings (SSSR count). The Bertz CT molecular complexity index is 503. The van der Waals surface area contributed by atoms with Gasteiger partial charge in [-0.15, -0.1) is 0 Å². The molecule has 0 radical (unpaired) electrons. The molecule has 6 heteroatoms. The highest BCUT2D eigenvalue weighted by Crippen LogP contribution is 2.31. The highest BCUT2D eigenvalue weighted by atomic mass is 16.2. The largest absolute Gasteiger partial charge is 0.353 e. The average molecular weight is 275 g/mol. The van der Waals surface area contributed by atoms with Crippen molar-refractivity contribution < 1.29 is 4.79 Å². The van der Waals surface area contributed by atoms with Gasteiger partial charge in [0, 0.05) is 32.0 Å². The van der Waals surface area contributed by atoms with Crippen LogP contribution in [0, 0.1) is 6.92 Å². The first-order chi connectivity index (χ1) is 9.63. The summed E-state index contributed by atoms with van der Waals surface area (Å²) >= 11 is 0. The number of nitrogens with zero attached hydrogens (tertiary/aromatic N) is 4. The summed E-state index contributed by atoms with van der Waals surface area (Å²) in [7, 11) is 0. The van der Waals surface area contributed by atoms with Crippen molar-refractivity contribution in [1.29, 1.82) is 0 Å². The first-order valence-corrected chi connectivity index (χ1v) is 7.18. The van der Waals surface area contributed by atoms with E-state index in [4.69, 9.17) is 0 Å². The van der Waals surface area contributed by atoms with Crippen molar-refractivity contribution in [2.75, 3.05) is 37.6 Å². The fourth-order valence-corrected chi connectivity index (χ4v) is 3.20. The molecule has 1 unspecified atom stereocenters. The van der Waals surface area contributed by atoms with Gasteiger partial charge in [-0.1, -0.05) is 6.92 Å². The molecule has 6 nitrogen and oxygen atoms in total. The van der Waals surface area contributed by atoms with E-state index in [-0.39, 0.29) is 11.4 Å². The van der Waals surface area contributed by atoms with E-state index < -0.39 is 0 Å². The molecule has 0 aromatic carbocycles. The molecule has 1 aromatic heterocycles. The van der Waals surface area contributed by atoms with Gasteiger partial charge in [0.05, 0.1) is 12.1 Å². The van der Waals surface area contributed by atoms with Gasteiger partial charge in [-0.2, -0.15) is 0 Å². The lowest BCUT2D eigenvalue weighted by Gasteiger charge is -2.43. The molecule has 2 fully saturated rings. The predicted molar refractivity (Wildman–Crippen MR) is 76.6 cm³/mol. The lowest BCUT2D eigenvalue weighted by molar-refractivity contribution is -0.127. The summed E-state index contributed by atoms with van der Waals surface area (Å²) in [5.74, 6) is 0.919. The number of rotatable bonds is 2. The van der Waals surface area contributed by atoms with E-state index in [1.54, 1.807) is 0 Å². The SMILES string of the molecule is CCN1CC(=O)NCC12CCN(c1ncc(C)cn1)C2. The molecule has 20 heavy (non-hydrogen) atoms. The standard InChI is InChI=1S/C14H21N5O/c1-3-19-8-12(20)17-9-14(19)4-5-18(10-14)13-15-6-11(2)7-16-13/h6-7H,3-5,8-10H2,1-2H3,(H,17,20). The number of aryl methyl sites for hydroxylation is 1. The maximum atomic E-state index is 11.6. The summed E-state index contributed by atoms with van der Waals surface area (Å²) in [5.41, 5.74) is 1.11. The van der Waals surface area contributed by atoms with Crippen molar-refractivity contribution in [3.8, 4) is 0 Å². The van der Waals surface area contributed by atoms with E-state index in [0.29, 0.717) is 6.54 Å². The van der Waals surface area contributed by atoms with Crippen LogP contribution in [0.5, 0.6) is 0 Å². The number of amides is 1. The van der Waals surface area contributed by atoms with Crippen LogP contribution in [0.1, 0.15) is 18.9 Å². The van der Waals surface area contributed by atoms with Crippen molar-refractivity contribution in [2.24, 2.45) is 0 Å². The Hall–Kier alpha value is -1.69. The monoisotopic (exact) mass is 275 g/mol. The Morgan fingerprint density at radius 1 is 1.40 bits per heavy atom. The minimum Gasteiger partial charge on any atom is -0.353 e. The summed E-state index contributed by atoms with van der Waals surface area (Å²) in [6.45, 7) is 8.05. The summed E-state index contributed by atoms with van der Waals surface area (Å²) in [6, 6.07) is 0. The van der Waals surface area contributed by atoms with Crippen LogP contribution < -0.4 is 10.2 Å². The van der Waals surface area contributed by atoms with Gasteiger partial charge in [0.1, 0.15) is 0 Å². The molecule has 1 amide bonds. The minimum absolute atomic E-state index is 0.0386. The molecular weight excluding hydrogens is 254 g/mol. The molecule has 0 aliphatic carbocycles. The van der Waals surface area contributed by atoms with E-state index in [2.05, 4.69) is 32.0 Å². The van der Waals surface area contributed by atoms with Crippen LogP contribution in [0.3, 0.4) is 0 Å². The lowest BCUT2D eigenvalue weighted by atomic mass is 9.93. The highest BCUT2D eigenvalue weighted by molar-refractivity contribution is 5.79. The maximum Gasteiger partial charge on any atom is 0.234 e. The predicted octanol–water partition coefficient (Wildman–Crippen LogP) is 0.186. The minimum atomic E-state index is 0.0386. The third-order valence-corrected chi connectivity index (χ3v) is 4.38. The van der Waals surface area contributed by atoms with Gasteiger partial charge < -0.3 is 10.2 Å². The smallest absolute Gasteiger partial charge is 0.234 e. The number of nitrogens with one attached hydrogen (secondary N) is 1. The van der Waals surface area contributed by atoms with E-state index >= 15 is 0 Å². The molecule has 1 spiro atoms. The molecule has 108 valence electrons. The summed E-state index contributed by atoms with van der Waals surface area (Å²) in [4.78, 5) is 24.9. The van der Waals surface area contributed by atoms with Crippen LogP contribution in [0.25, 0.3) is 0 Å². The number of piperazine rings is 1. The Morgan fingerprint density at radius 2 is 2.15 bits per heavy atom. The molecule has 1 aromatic rings. The van der Waals surface area contributed by atoms with Gasteiger partial charge in [0.2, 0.25) is 11.9 Å². The second-order valence-electron chi connectivity index (χ2n) is 5.75. The van der Waals surface area contributed by atoms with Gasteiger partial charge in [-0.05, 0) is 25.5 Å². The fraction of sp³-hybridized carbons (Fsp3) is 0.643. The van der Waals surface area contributed by atoms with Crippen molar-refractivity contribution in [1.82, 2.24) is 20.2 Å². The first kappa shape index (κ1) is 13.3. The molecular formula is C14H21N5O. The summed E-state index contributed by atoms with van der Waals surface area (Å²) in [6.07, 6.45) is 4.75. The van der Waals surface area contributed by atoms with E-state index in [1.165, 1.54) is 0 Å². The zero-order valence-corrected chi connectivity index (χ0v) is 12.1. The van der Waals surface area contributed by atoms with E-state index in [9.17, 15) is 4.79 Å². The van der Waals surface area contributed by atoms with Gasteiger partial charge >= 0.3 is 0 Å². The number of hydrogen-bond acceptors (Lipinski definition) is 5. The van der Waals surface area contributed by atoms with Crippen LogP contribution in [0.2, 0.25) is 0 Å². The second kappa shape index (κ2) is 5.01. The zero-order chi connectivity index (χ0) is 14.2. The van der Waals surface area contributed by atoms with Gasteiger partial charge in [-0.25, -0.2) is 9.97 Å². The molecule has 2 aliphatic heterocycles. The molecule has 2 saturated heterocycles. The quantitative estimate of drug-likeness (QED) is 0.834. The normalized spacial score (nSPS) is 27.1. The number of anilines is 1. The molecule has 0 bridgehead atoms. The Balaban J connectivity index is 1.78. The van der Waals surface area contributed by atoms with Crippen molar-refractivity contribution in [3.05, 3.63) is 18.0 Å². The third-order valence-electron chi connectivity index (χ3n) is 4.38.